The smallest absolute Gasteiger partial charge is 0.222 e. The number of morpholine rings is 1. The van der Waals surface area contributed by atoms with Crippen LogP contribution in [-0.2, 0) is 9.53 Å². The second-order valence-corrected chi connectivity index (χ2v) is 8.08. The standard InChI is InChI=1S/C20H39N3O2/c1-17-15-22(16-18(2)25-17)12-8-19-9-13-23(14-10-19)20(24)7-5-3-4-6-11-21/h17-19H,3-16,21H2,1-2H3. The van der Waals surface area contributed by atoms with Crippen LogP contribution in [0.15, 0.2) is 0 Å². The lowest BCUT2D eigenvalue weighted by molar-refractivity contribution is -0.132. The minimum Gasteiger partial charge on any atom is -0.373 e. The summed E-state index contributed by atoms with van der Waals surface area (Å²) in [5.41, 5.74) is 5.50. The predicted molar refractivity (Wildman–Crippen MR) is 103 cm³/mol. The molecule has 0 aliphatic carbocycles. The van der Waals surface area contributed by atoms with Crippen LogP contribution < -0.4 is 5.73 Å². The van der Waals surface area contributed by atoms with Crippen molar-refractivity contribution in [1.82, 2.24) is 9.80 Å². The lowest BCUT2D eigenvalue weighted by Gasteiger charge is -2.37. The van der Waals surface area contributed by atoms with Gasteiger partial charge in [-0.3, -0.25) is 9.69 Å². The van der Waals surface area contributed by atoms with Crippen molar-refractivity contribution >= 4 is 5.91 Å². The van der Waals surface area contributed by atoms with Gasteiger partial charge in [0.05, 0.1) is 12.2 Å². The molecule has 25 heavy (non-hydrogen) atoms. The quantitative estimate of drug-likeness (QED) is 0.648. The van der Waals surface area contributed by atoms with Gasteiger partial charge in [0, 0.05) is 32.6 Å². The van der Waals surface area contributed by atoms with E-state index in [0.717, 1.165) is 70.7 Å². The Hall–Kier alpha value is -0.650. The zero-order valence-corrected chi connectivity index (χ0v) is 16.4. The van der Waals surface area contributed by atoms with Gasteiger partial charge in [0.25, 0.3) is 0 Å². The fourth-order valence-electron chi connectivity index (χ4n) is 4.24. The van der Waals surface area contributed by atoms with Gasteiger partial charge in [-0.2, -0.15) is 0 Å². The Kier molecular flexibility index (Phi) is 9.21. The number of rotatable bonds is 9. The third-order valence-corrected chi connectivity index (χ3v) is 5.66. The van der Waals surface area contributed by atoms with Gasteiger partial charge in [0.15, 0.2) is 0 Å². The van der Waals surface area contributed by atoms with Crippen LogP contribution in [0.25, 0.3) is 0 Å². The van der Waals surface area contributed by atoms with Gasteiger partial charge in [-0.15, -0.1) is 0 Å². The number of ether oxygens (including phenoxy) is 1. The van der Waals surface area contributed by atoms with Gasteiger partial charge in [-0.05, 0) is 65.0 Å². The van der Waals surface area contributed by atoms with E-state index in [1.807, 2.05) is 0 Å². The highest BCUT2D eigenvalue weighted by atomic mass is 16.5. The minimum atomic E-state index is 0.355. The first-order valence-corrected chi connectivity index (χ1v) is 10.4. The van der Waals surface area contributed by atoms with Gasteiger partial charge >= 0.3 is 0 Å². The molecule has 2 aliphatic rings. The molecule has 146 valence electrons. The molecule has 2 N–H and O–H groups in total. The molecule has 0 aromatic rings. The molecule has 0 aromatic heterocycles. The number of likely N-dealkylation sites (tertiary alicyclic amines) is 1. The molecular weight excluding hydrogens is 314 g/mol. The Morgan fingerprint density at radius 1 is 1.04 bits per heavy atom. The summed E-state index contributed by atoms with van der Waals surface area (Å²) in [4.78, 5) is 16.9. The van der Waals surface area contributed by atoms with E-state index in [2.05, 4.69) is 23.6 Å². The van der Waals surface area contributed by atoms with Crippen LogP contribution in [0, 0.1) is 5.92 Å². The summed E-state index contributed by atoms with van der Waals surface area (Å²) in [6.45, 7) is 10.3. The topological polar surface area (TPSA) is 58.8 Å². The zero-order chi connectivity index (χ0) is 18.1. The third kappa shape index (κ3) is 7.63. The molecule has 2 heterocycles. The fraction of sp³-hybridized carbons (Fsp3) is 0.950. The number of nitrogens with zero attached hydrogens (tertiary/aromatic N) is 2. The summed E-state index contributed by atoms with van der Waals surface area (Å²) in [5, 5.41) is 0. The highest BCUT2D eigenvalue weighted by Gasteiger charge is 2.25. The molecule has 2 atom stereocenters. The second kappa shape index (κ2) is 11.1. The van der Waals surface area contributed by atoms with Gasteiger partial charge in [-0.25, -0.2) is 0 Å². The minimum absolute atomic E-state index is 0.355. The maximum atomic E-state index is 12.3. The maximum absolute atomic E-state index is 12.3. The average Bonchev–Trinajstić information content (AvgIpc) is 2.59. The summed E-state index contributed by atoms with van der Waals surface area (Å²) in [5.74, 6) is 1.14. The van der Waals surface area contributed by atoms with E-state index in [1.54, 1.807) is 0 Å². The van der Waals surface area contributed by atoms with Crippen LogP contribution in [0.2, 0.25) is 0 Å². The molecule has 0 bridgehead atoms. The van der Waals surface area contributed by atoms with Crippen LogP contribution in [0.5, 0.6) is 0 Å². The second-order valence-electron chi connectivity index (χ2n) is 8.08. The summed E-state index contributed by atoms with van der Waals surface area (Å²) in [7, 11) is 0. The van der Waals surface area contributed by atoms with E-state index in [9.17, 15) is 4.79 Å². The lowest BCUT2D eigenvalue weighted by Crippen LogP contribution is -2.46. The van der Waals surface area contributed by atoms with E-state index in [-0.39, 0.29) is 0 Å². The SMILES string of the molecule is CC1CN(CCC2CCN(C(=O)CCCCCCN)CC2)CC(C)O1. The van der Waals surface area contributed by atoms with Crippen molar-refractivity contribution in [3.8, 4) is 0 Å². The van der Waals surface area contributed by atoms with E-state index in [0.29, 0.717) is 18.1 Å². The molecule has 0 aromatic carbocycles. The lowest BCUT2D eigenvalue weighted by atomic mass is 9.93. The highest BCUT2D eigenvalue weighted by Crippen LogP contribution is 2.22. The van der Waals surface area contributed by atoms with Gasteiger partial charge in [0.1, 0.15) is 0 Å². The summed E-state index contributed by atoms with van der Waals surface area (Å²) < 4.78 is 5.81. The van der Waals surface area contributed by atoms with Crippen molar-refractivity contribution in [2.75, 3.05) is 39.3 Å². The number of hydrogen-bond acceptors (Lipinski definition) is 4. The first kappa shape index (κ1) is 20.7. The van der Waals surface area contributed by atoms with Crippen LogP contribution in [-0.4, -0.2) is 67.2 Å². The summed E-state index contributed by atoms with van der Waals surface area (Å²) in [6.07, 6.45) is 9.44. The normalized spacial score (nSPS) is 26.1. The number of hydrogen-bond donors (Lipinski definition) is 1. The zero-order valence-electron chi connectivity index (χ0n) is 16.4. The maximum Gasteiger partial charge on any atom is 0.222 e. The summed E-state index contributed by atoms with van der Waals surface area (Å²) in [6, 6.07) is 0. The third-order valence-electron chi connectivity index (χ3n) is 5.66. The van der Waals surface area contributed by atoms with Crippen LogP contribution in [0.3, 0.4) is 0 Å². The Morgan fingerprint density at radius 2 is 1.68 bits per heavy atom. The van der Waals surface area contributed by atoms with Crippen molar-refractivity contribution in [1.29, 1.82) is 0 Å². The van der Waals surface area contributed by atoms with Crippen LogP contribution >= 0.6 is 0 Å². The average molecular weight is 354 g/mol. The Labute approximate surface area is 154 Å². The Morgan fingerprint density at radius 3 is 2.32 bits per heavy atom. The molecule has 2 saturated heterocycles. The van der Waals surface area contributed by atoms with Gasteiger partial charge in [0.2, 0.25) is 5.91 Å². The van der Waals surface area contributed by atoms with Crippen molar-refractivity contribution in [3.63, 3.8) is 0 Å². The highest BCUT2D eigenvalue weighted by molar-refractivity contribution is 5.76. The van der Waals surface area contributed by atoms with Crippen LogP contribution in [0.1, 0.15) is 65.2 Å². The Balaban J connectivity index is 1.57. The molecule has 5 heteroatoms. The number of piperidine rings is 1. The number of amides is 1. The number of unbranched alkanes of at least 4 members (excludes halogenated alkanes) is 3. The number of carbonyl (C=O) groups excluding carboxylic acids is 1. The van der Waals surface area contributed by atoms with Crippen molar-refractivity contribution in [2.24, 2.45) is 11.7 Å². The van der Waals surface area contributed by atoms with Crippen molar-refractivity contribution in [2.45, 2.75) is 77.4 Å². The van der Waals surface area contributed by atoms with E-state index in [4.69, 9.17) is 10.5 Å². The van der Waals surface area contributed by atoms with Gasteiger partial charge in [-0.1, -0.05) is 12.8 Å². The monoisotopic (exact) mass is 353 g/mol. The fourth-order valence-corrected chi connectivity index (χ4v) is 4.24. The van der Waals surface area contributed by atoms with E-state index >= 15 is 0 Å². The largest absolute Gasteiger partial charge is 0.373 e. The molecule has 2 rings (SSSR count). The predicted octanol–water partition coefficient (Wildman–Crippen LogP) is 2.63. The van der Waals surface area contributed by atoms with E-state index in [1.165, 1.54) is 25.8 Å². The molecule has 0 spiro atoms. The number of carbonyl (C=O) groups is 1. The molecule has 2 fully saturated rings. The molecule has 0 radical (unpaired) electrons. The summed E-state index contributed by atoms with van der Waals surface area (Å²) >= 11 is 0. The molecule has 5 nitrogen and oxygen atoms in total. The van der Waals surface area contributed by atoms with Crippen molar-refractivity contribution < 1.29 is 9.53 Å². The molecular formula is C20H39N3O2. The molecule has 0 saturated carbocycles. The van der Waals surface area contributed by atoms with Crippen molar-refractivity contribution in [3.05, 3.63) is 0 Å². The first-order valence-electron chi connectivity index (χ1n) is 10.4. The van der Waals surface area contributed by atoms with Gasteiger partial charge < -0.3 is 15.4 Å². The Bertz CT molecular complexity index is 373. The first-order chi connectivity index (χ1) is 12.1. The van der Waals surface area contributed by atoms with Crippen LogP contribution in [0.4, 0.5) is 0 Å². The number of nitrogens with two attached hydrogens (primary N) is 1. The molecule has 1 amide bonds. The van der Waals surface area contributed by atoms with E-state index < -0.39 is 0 Å². The molecule has 2 aliphatic heterocycles. The molecule has 2 unspecified atom stereocenters.